The molecule has 0 bridgehead atoms. The third kappa shape index (κ3) is 10.3. The van der Waals surface area contributed by atoms with Crippen LogP contribution in [0.4, 0.5) is 0 Å². The third-order valence-corrected chi connectivity index (χ3v) is 6.22. The Balaban J connectivity index is 0.000000501. The zero-order chi connectivity index (χ0) is 21.9. The quantitative estimate of drug-likeness (QED) is 0.202. The third-order valence-electron chi connectivity index (χ3n) is 4.97. The average molecular weight is 669 g/mol. The summed E-state index contributed by atoms with van der Waals surface area (Å²) in [7, 11) is 0.777. The van der Waals surface area contributed by atoms with Crippen LogP contribution < -0.4 is 35.2 Å². The summed E-state index contributed by atoms with van der Waals surface area (Å²) in [6, 6.07) is 40.6. The van der Waals surface area contributed by atoms with E-state index >= 15 is 0 Å². The summed E-state index contributed by atoms with van der Waals surface area (Å²) in [6.45, 7) is 3.90. The topological polar surface area (TPSA) is 23.8 Å². The minimum absolute atomic E-state index is 0. The first-order valence-electron chi connectivity index (χ1n) is 10.8. The van der Waals surface area contributed by atoms with Gasteiger partial charge < -0.3 is 30.5 Å². The van der Waals surface area contributed by atoms with E-state index in [2.05, 4.69) is 115 Å². The maximum atomic E-state index is 6.83. The number of rotatable bonds is 3. The van der Waals surface area contributed by atoms with Gasteiger partial charge in [0.1, 0.15) is 9.52 Å². The van der Waals surface area contributed by atoms with E-state index in [1.54, 1.807) is 0 Å². The average Bonchev–Trinajstić information content (AvgIpc) is 3.20. The van der Waals surface area contributed by atoms with E-state index < -0.39 is 0 Å². The van der Waals surface area contributed by atoms with Gasteiger partial charge in [0.2, 0.25) is 0 Å². The van der Waals surface area contributed by atoms with Crippen molar-refractivity contribution >= 4 is 41.4 Å². The molecule has 0 aliphatic carbocycles. The first-order valence-corrected chi connectivity index (χ1v) is 11.8. The molecule has 0 saturated heterocycles. The zero-order valence-electron chi connectivity index (χ0n) is 19.5. The molecule has 172 valence electrons. The molecule has 1 unspecified atom stereocenters. The fourth-order valence-corrected chi connectivity index (χ4v) is 4.17. The van der Waals surface area contributed by atoms with E-state index in [1.807, 2.05) is 13.8 Å². The van der Waals surface area contributed by atoms with Crippen LogP contribution in [0.25, 0.3) is 27.3 Å². The van der Waals surface area contributed by atoms with Crippen molar-refractivity contribution in [3.63, 3.8) is 0 Å². The number of nitrogens with one attached hydrogen (secondary N) is 1. The van der Waals surface area contributed by atoms with Gasteiger partial charge in [0.15, 0.2) is 0 Å². The Morgan fingerprint density at radius 3 is 1.32 bits per heavy atom. The van der Waals surface area contributed by atoms with Crippen molar-refractivity contribution in [2.24, 2.45) is 0 Å². The SMILES string of the molecule is CCC(C)[NH-].[Cl-].[Cl-].[Hf+4].c1ccc([Si]c2ccccc2)cc1.c1ccc2c(c1)[cH-]c1ccccc12. The molecule has 0 aromatic heterocycles. The van der Waals surface area contributed by atoms with Crippen LogP contribution in [0.5, 0.6) is 0 Å². The molecule has 5 rings (SSSR count). The van der Waals surface area contributed by atoms with Gasteiger partial charge in [-0.05, 0) is 0 Å². The normalized spacial score (nSPS) is 10.2. The summed E-state index contributed by atoms with van der Waals surface area (Å²) in [6.07, 6.45) is 0.972. The fourth-order valence-electron chi connectivity index (χ4n) is 3.11. The standard InChI is InChI=1S/C13H9.C12H10Si.C4H10N.2ClH.Hf/c1-3-7-12-10(5-1)9-11-6-2-4-8-13(11)12;1-3-7-11(8-4-1)13-12-9-5-2-6-10-12;1-3-4(2)5;;;/h1-9H;1-10H;4-5H,3H2,1-2H3;2*1H;/q-1;;-1;;;+4/p-2. The van der Waals surface area contributed by atoms with E-state index in [0.717, 1.165) is 15.9 Å². The van der Waals surface area contributed by atoms with Crippen LogP contribution in [0.2, 0.25) is 0 Å². The number of hydrogen-bond donors (Lipinski definition) is 0. The molecule has 0 fully saturated rings. The Kier molecular flexibility index (Phi) is 16.9. The minimum Gasteiger partial charge on any atom is -1.00 e. The zero-order valence-corrected chi connectivity index (χ0v) is 25.6. The van der Waals surface area contributed by atoms with Gasteiger partial charge in [0, 0.05) is 0 Å². The minimum atomic E-state index is 0. The van der Waals surface area contributed by atoms with Gasteiger partial charge in [-0.2, -0.15) is 0 Å². The molecule has 34 heavy (non-hydrogen) atoms. The molecular weight excluding hydrogens is 640 g/mol. The monoisotopic (exact) mass is 669 g/mol. The summed E-state index contributed by atoms with van der Waals surface area (Å²) >= 11 is 0. The Labute approximate surface area is 237 Å². The van der Waals surface area contributed by atoms with Gasteiger partial charge in [-0.1, -0.05) is 128 Å². The Hall–Kier alpha value is -1.62. The van der Waals surface area contributed by atoms with Crippen LogP contribution in [-0.4, -0.2) is 15.6 Å². The van der Waals surface area contributed by atoms with Crippen molar-refractivity contribution in [3.05, 3.63) is 121 Å². The summed E-state index contributed by atoms with van der Waals surface area (Å²) < 4.78 is 0. The van der Waals surface area contributed by atoms with Crippen LogP contribution in [0.1, 0.15) is 20.3 Å². The van der Waals surface area contributed by atoms with Crippen molar-refractivity contribution in [1.29, 1.82) is 0 Å². The second kappa shape index (κ2) is 17.8. The Morgan fingerprint density at radius 1 is 0.647 bits per heavy atom. The van der Waals surface area contributed by atoms with Crippen molar-refractivity contribution < 1.29 is 50.7 Å². The van der Waals surface area contributed by atoms with Crippen molar-refractivity contribution in [3.8, 4) is 0 Å². The molecular formula is C29H29Cl2HfNSi. The smallest absolute Gasteiger partial charge is 1.00 e. The number of fused-ring (bicyclic) bond motifs is 3. The van der Waals surface area contributed by atoms with Crippen molar-refractivity contribution in [1.82, 2.24) is 0 Å². The molecule has 2 radical (unpaired) electrons. The molecule has 1 atom stereocenters. The summed E-state index contributed by atoms with van der Waals surface area (Å²) in [4.78, 5) is 0. The molecule has 0 heterocycles. The number of hydrogen-bond acceptors (Lipinski definition) is 0. The molecule has 5 heteroatoms. The maximum absolute atomic E-state index is 6.83. The van der Waals surface area contributed by atoms with Gasteiger partial charge in [0.05, 0.1) is 0 Å². The van der Waals surface area contributed by atoms with Gasteiger partial charge >= 0.3 is 25.8 Å². The first kappa shape index (κ1) is 32.4. The maximum Gasteiger partial charge on any atom is 4.00 e. The van der Waals surface area contributed by atoms with Crippen LogP contribution in [0.3, 0.4) is 0 Å². The second-order valence-corrected chi connectivity index (χ2v) is 8.89. The van der Waals surface area contributed by atoms with E-state index in [1.165, 1.54) is 31.9 Å². The van der Waals surface area contributed by atoms with Gasteiger partial charge in [0.25, 0.3) is 0 Å². The van der Waals surface area contributed by atoms with Crippen LogP contribution in [-0.2, 0) is 25.8 Å². The molecule has 0 saturated carbocycles. The summed E-state index contributed by atoms with van der Waals surface area (Å²) in [5.74, 6) is 0. The first-order chi connectivity index (χ1) is 15.2. The summed E-state index contributed by atoms with van der Waals surface area (Å²) in [5, 5.41) is 8.19. The Bertz CT molecular complexity index is 1090. The molecule has 0 aliphatic rings. The van der Waals surface area contributed by atoms with E-state index in [0.29, 0.717) is 0 Å². The van der Waals surface area contributed by atoms with Gasteiger partial charge in [-0.3, -0.25) is 0 Å². The summed E-state index contributed by atoms with van der Waals surface area (Å²) in [5.41, 5.74) is 6.83. The van der Waals surface area contributed by atoms with E-state index in [-0.39, 0.29) is 56.7 Å². The molecule has 0 spiro atoms. The Morgan fingerprint density at radius 2 is 0.971 bits per heavy atom. The predicted molar refractivity (Wildman–Crippen MR) is 139 cm³/mol. The molecule has 0 amide bonds. The second-order valence-electron chi connectivity index (χ2n) is 7.49. The van der Waals surface area contributed by atoms with Crippen LogP contribution >= 0.6 is 0 Å². The molecule has 0 aliphatic heterocycles. The largest absolute Gasteiger partial charge is 4.00 e. The van der Waals surface area contributed by atoms with Gasteiger partial charge in [-0.15, -0.1) is 45.8 Å². The fraction of sp³-hybridized carbons (Fsp3) is 0.138. The van der Waals surface area contributed by atoms with Gasteiger partial charge in [-0.25, -0.2) is 0 Å². The van der Waals surface area contributed by atoms with Crippen molar-refractivity contribution in [2.75, 3.05) is 0 Å². The van der Waals surface area contributed by atoms with Crippen LogP contribution in [0.15, 0.2) is 115 Å². The molecule has 1 N–H and O–H groups in total. The number of halogens is 2. The number of benzene rings is 4. The molecule has 1 nitrogen and oxygen atoms in total. The van der Waals surface area contributed by atoms with E-state index in [9.17, 15) is 0 Å². The molecule has 5 aromatic rings. The van der Waals surface area contributed by atoms with Crippen molar-refractivity contribution in [2.45, 2.75) is 26.3 Å². The van der Waals surface area contributed by atoms with Crippen LogP contribution in [0, 0.1) is 0 Å². The molecule has 5 aromatic carbocycles. The predicted octanol–water partition coefficient (Wildman–Crippen LogP) is 0.896. The van der Waals surface area contributed by atoms with E-state index in [4.69, 9.17) is 5.73 Å².